The minimum Gasteiger partial charge on any atom is -0.478 e. The van der Waals surface area contributed by atoms with E-state index < -0.39 is 24.0 Å². The van der Waals surface area contributed by atoms with E-state index in [9.17, 15) is 19.2 Å². The smallest absolute Gasteiger partial charge is 0.328 e. The monoisotopic (exact) mass is 530 g/mol. The summed E-state index contributed by atoms with van der Waals surface area (Å²) in [7, 11) is 0. The number of aromatic nitrogens is 1. The lowest BCUT2D eigenvalue weighted by Crippen LogP contribution is -2.36. The van der Waals surface area contributed by atoms with Gasteiger partial charge in [-0.2, -0.15) is 0 Å². The number of aliphatic carboxylic acids is 2. The van der Waals surface area contributed by atoms with Crippen LogP contribution in [0, 0.1) is 0 Å². The molecule has 9 N–H and O–H groups in total. The molecule has 4 rings (SSSR count). The minimum atomic E-state index is -1.26. The van der Waals surface area contributed by atoms with Crippen LogP contribution < -0.4 is 16.4 Å². The summed E-state index contributed by atoms with van der Waals surface area (Å²) in [6, 6.07) is 12.6. The van der Waals surface area contributed by atoms with Crippen molar-refractivity contribution in [1.82, 2.24) is 15.6 Å². The predicted octanol–water partition coefficient (Wildman–Crippen LogP) is 1.74. The summed E-state index contributed by atoms with van der Waals surface area (Å²) in [5.74, 6) is -3.03. The van der Waals surface area contributed by atoms with Gasteiger partial charge in [0.15, 0.2) is 0 Å². The van der Waals surface area contributed by atoms with Gasteiger partial charge < -0.3 is 31.7 Å². The zero-order chi connectivity index (χ0) is 26.2. The van der Waals surface area contributed by atoms with Gasteiger partial charge in [0.2, 0.25) is 0 Å². The third-order valence-electron chi connectivity index (χ3n) is 5.58. The fraction of sp³-hybridized carbons (Fsp3) is 0.200. The van der Waals surface area contributed by atoms with Gasteiger partial charge in [-0.15, -0.1) is 0 Å². The SMILES string of the molecule is NCCc1c[nH]c2ccc(C(Cc3ccc(Cl)cc3)C3NC(=O)NC3=O)cc12.O.O=C(O)C=CC(=O)O. The van der Waals surface area contributed by atoms with Crippen molar-refractivity contribution < 1.29 is 34.9 Å². The van der Waals surface area contributed by atoms with Crippen molar-refractivity contribution in [1.29, 1.82) is 0 Å². The number of nitrogens with one attached hydrogen (secondary N) is 3. The first kappa shape index (κ1) is 29.0. The highest BCUT2D eigenvalue weighted by Crippen LogP contribution is 2.30. The van der Waals surface area contributed by atoms with Gasteiger partial charge in [0, 0.05) is 40.2 Å². The number of H-pyrrole nitrogens is 1. The molecule has 2 atom stereocenters. The van der Waals surface area contributed by atoms with Crippen LogP contribution in [0.4, 0.5) is 4.79 Å². The molecule has 0 saturated carbocycles. The second-order valence-electron chi connectivity index (χ2n) is 8.04. The van der Waals surface area contributed by atoms with Gasteiger partial charge in [0.25, 0.3) is 5.91 Å². The van der Waals surface area contributed by atoms with Crippen molar-refractivity contribution in [3.05, 3.63) is 82.5 Å². The summed E-state index contributed by atoms with van der Waals surface area (Å²) < 4.78 is 0. The molecule has 1 saturated heterocycles. The Morgan fingerprint density at radius 1 is 1.05 bits per heavy atom. The molecule has 196 valence electrons. The number of benzene rings is 2. The maximum atomic E-state index is 12.4. The Morgan fingerprint density at radius 2 is 1.70 bits per heavy atom. The second kappa shape index (κ2) is 13.2. The first-order chi connectivity index (χ1) is 17.2. The van der Waals surface area contributed by atoms with Gasteiger partial charge in [-0.05, 0) is 60.3 Å². The van der Waals surface area contributed by atoms with Crippen LogP contribution in [0.2, 0.25) is 5.02 Å². The lowest BCUT2D eigenvalue weighted by molar-refractivity contribution is -0.134. The molecular weight excluding hydrogens is 504 g/mol. The van der Waals surface area contributed by atoms with Crippen molar-refractivity contribution in [3.8, 4) is 0 Å². The van der Waals surface area contributed by atoms with Crippen LogP contribution in [0.25, 0.3) is 10.9 Å². The van der Waals surface area contributed by atoms with E-state index in [0.717, 1.165) is 34.0 Å². The van der Waals surface area contributed by atoms with E-state index >= 15 is 0 Å². The van der Waals surface area contributed by atoms with Gasteiger partial charge in [0.1, 0.15) is 6.04 Å². The third kappa shape index (κ3) is 7.90. The molecule has 1 fully saturated rings. The van der Waals surface area contributed by atoms with E-state index in [1.54, 1.807) is 0 Å². The highest BCUT2D eigenvalue weighted by molar-refractivity contribution is 6.30. The highest BCUT2D eigenvalue weighted by atomic mass is 35.5. The maximum Gasteiger partial charge on any atom is 0.328 e. The summed E-state index contributed by atoms with van der Waals surface area (Å²) in [6.45, 7) is 0.562. The number of urea groups is 1. The second-order valence-corrected chi connectivity index (χ2v) is 8.48. The zero-order valence-electron chi connectivity index (χ0n) is 19.5. The lowest BCUT2D eigenvalue weighted by Gasteiger charge is -2.22. The number of amides is 3. The normalized spacial score (nSPS) is 15.4. The third-order valence-corrected chi connectivity index (χ3v) is 5.83. The topological polar surface area (TPSA) is 206 Å². The van der Waals surface area contributed by atoms with Crippen LogP contribution >= 0.6 is 11.6 Å². The van der Waals surface area contributed by atoms with Crippen LogP contribution in [0.3, 0.4) is 0 Å². The van der Waals surface area contributed by atoms with Crippen molar-refractivity contribution in [2.45, 2.75) is 24.8 Å². The number of nitrogens with two attached hydrogens (primary N) is 1. The molecule has 0 aliphatic carbocycles. The largest absolute Gasteiger partial charge is 0.478 e. The number of hydrogen-bond donors (Lipinski definition) is 6. The number of carboxylic acids is 2. The molecule has 2 unspecified atom stereocenters. The lowest BCUT2D eigenvalue weighted by atomic mass is 9.85. The summed E-state index contributed by atoms with van der Waals surface area (Å²) >= 11 is 6.00. The van der Waals surface area contributed by atoms with E-state index in [0.29, 0.717) is 30.1 Å². The molecule has 1 aromatic heterocycles. The van der Waals surface area contributed by atoms with Crippen LogP contribution in [-0.4, -0.2) is 57.1 Å². The standard InChI is InChI=1S/C21H21ClN4O2.C4H4O4.H2O/c22-15-4-1-12(2-5-15)9-17(19-20(27)26-21(28)25-19)13-3-6-18-16(10-13)14(7-8-23)11-24-18;5-3(6)1-2-4(7)8;/h1-6,10-11,17,19,24H,7-9,23H2,(H2,25,26,27,28);1-2H,(H,5,6)(H,7,8);1H2. The van der Waals surface area contributed by atoms with Crippen LogP contribution in [0.15, 0.2) is 60.8 Å². The Bertz CT molecular complexity index is 1290. The highest BCUT2D eigenvalue weighted by Gasteiger charge is 2.37. The van der Waals surface area contributed by atoms with E-state index in [4.69, 9.17) is 27.5 Å². The van der Waals surface area contributed by atoms with Crippen molar-refractivity contribution in [2.24, 2.45) is 5.73 Å². The average molecular weight is 531 g/mol. The minimum absolute atomic E-state index is 0. The number of carbonyl (C=O) groups is 4. The van der Waals surface area contributed by atoms with E-state index in [1.165, 1.54) is 0 Å². The molecule has 0 bridgehead atoms. The summed E-state index contributed by atoms with van der Waals surface area (Å²) in [6.07, 6.45) is 4.45. The van der Waals surface area contributed by atoms with Crippen LogP contribution in [0.5, 0.6) is 0 Å². The number of rotatable bonds is 8. The predicted molar refractivity (Wildman–Crippen MR) is 137 cm³/mol. The van der Waals surface area contributed by atoms with Crippen molar-refractivity contribution >= 4 is 46.4 Å². The van der Waals surface area contributed by atoms with E-state index in [1.807, 2.05) is 42.6 Å². The number of halogens is 1. The van der Waals surface area contributed by atoms with Crippen molar-refractivity contribution in [3.63, 3.8) is 0 Å². The molecule has 12 heteroatoms. The first-order valence-electron chi connectivity index (χ1n) is 11.0. The number of fused-ring (bicyclic) bond motifs is 1. The number of hydrogen-bond acceptors (Lipinski definition) is 5. The summed E-state index contributed by atoms with van der Waals surface area (Å²) in [5.41, 5.74) is 9.93. The molecule has 11 nitrogen and oxygen atoms in total. The molecule has 0 radical (unpaired) electrons. The van der Waals surface area contributed by atoms with Gasteiger partial charge in [-0.1, -0.05) is 29.8 Å². The molecule has 2 aromatic carbocycles. The van der Waals surface area contributed by atoms with E-state index in [2.05, 4.69) is 21.7 Å². The molecule has 0 spiro atoms. The zero-order valence-corrected chi connectivity index (χ0v) is 20.3. The van der Waals surface area contributed by atoms with E-state index in [-0.39, 0.29) is 17.3 Å². The van der Waals surface area contributed by atoms with Crippen molar-refractivity contribution in [2.75, 3.05) is 6.54 Å². The average Bonchev–Trinajstić information content (AvgIpc) is 3.39. The molecule has 3 aromatic rings. The Balaban J connectivity index is 0.000000467. The van der Waals surface area contributed by atoms with Gasteiger partial charge >= 0.3 is 18.0 Å². The Labute approximate surface area is 216 Å². The van der Waals surface area contributed by atoms with Crippen LogP contribution in [0.1, 0.15) is 22.6 Å². The summed E-state index contributed by atoms with van der Waals surface area (Å²) in [4.78, 5) is 46.5. The molecule has 1 aliphatic rings. The first-order valence-corrected chi connectivity index (χ1v) is 11.4. The van der Waals surface area contributed by atoms with Gasteiger partial charge in [-0.25, -0.2) is 14.4 Å². The van der Waals surface area contributed by atoms with Crippen LogP contribution in [-0.2, 0) is 27.2 Å². The molecular formula is C25H27ClN4O7. The molecule has 2 heterocycles. The fourth-order valence-electron chi connectivity index (χ4n) is 3.95. The molecule has 37 heavy (non-hydrogen) atoms. The molecule has 3 amide bonds. The quantitative estimate of drug-likeness (QED) is 0.187. The fourth-order valence-corrected chi connectivity index (χ4v) is 4.08. The van der Waals surface area contributed by atoms with Gasteiger partial charge in [0.05, 0.1) is 0 Å². The molecule has 1 aliphatic heterocycles. The number of carbonyl (C=O) groups excluding carboxylic acids is 2. The van der Waals surface area contributed by atoms with Gasteiger partial charge in [-0.3, -0.25) is 10.1 Å². The Morgan fingerprint density at radius 3 is 2.24 bits per heavy atom. The number of carboxylic acid groups (broad SMARTS) is 2. The summed E-state index contributed by atoms with van der Waals surface area (Å²) in [5, 5.41) is 22.5. The Hall–Kier alpha value is -4.19. The number of imide groups is 1. The Kier molecular flexibility index (Phi) is 10.4. The maximum absolute atomic E-state index is 12.4. The number of aromatic amines is 1.